The first-order chi connectivity index (χ1) is 7.00. The van der Waals surface area contributed by atoms with E-state index >= 15 is 0 Å². The minimum atomic E-state index is -0.0272. The molecule has 0 radical (unpaired) electrons. The van der Waals surface area contributed by atoms with Crippen molar-refractivity contribution >= 4 is 11.6 Å². The van der Waals surface area contributed by atoms with E-state index in [9.17, 15) is 4.79 Å². The topological polar surface area (TPSA) is 54.9 Å². The molecule has 0 saturated heterocycles. The van der Waals surface area contributed by atoms with Crippen LogP contribution in [-0.2, 0) is 4.79 Å². The molecule has 1 amide bonds. The highest BCUT2D eigenvalue weighted by molar-refractivity contribution is 5.91. The van der Waals surface area contributed by atoms with Crippen molar-refractivity contribution in [1.29, 1.82) is 0 Å². The maximum atomic E-state index is 11.4. The summed E-state index contributed by atoms with van der Waals surface area (Å²) in [5.41, 5.74) is 1.60. The molecule has 1 aromatic heterocycles. The molecule has 0 aromatic carbocycles. The number of amides is 1. The Hall–Kier alpha value is -1.45. The monoisotopic (exact) mass is 207 g/mol. The second-order valence-corrected chi connectivity index (χ2v) is 4.17. The van der Waals surface area contributed by atoms with Crippen LogP contribution in [0.5, 0.6) is 0 Å². The molecule has 0 unspecified atom stereocenters. The molecule has 4 heteroatoms. The molecule has 4 nitrogen and oxygen atoms in total. The van der Waals surface area contributed by atoms with E-state index in [1.807, 2.05) is 33.8 Å². The molecule has 0 aliphatic heterocycles. The van der Waals surface area contributed by atoms with Crippen molar-refractivity contribution in [2.45, 2.75) is 33.6 Å². The highest BCUT2D eigenvalue weighted by Gasteiger charge is 2.08. The van der Waals surface area contributed by atoms with Gasteiger partial charge in [-0.1, -0.05) is 27.7 Å². The first kappa shape index (κ1) is 11.6. The number of carbonyl (C=O) groups is 1. The van der Waals surface area contributed by atoms with Crippen LogP contribution in [0.3, 0.4) is 0 Å². The van der Waals surface area contributed by atoms with Gasteiger partial charge in [0.1, 0.15) is 0 Å². The number of hydrogen-bond acceptors (Lipinski definition) is 3. The van der Waals surface area contributed by atoms with Crippen molar-refractivity contribution in [2.75, 3.05) is 5.32 Å². The summed E-state index contributed by atoms with van der Waals surface area (Å²) in [6, 6.07) is 1.86. The van der Waals surface area contributed by atoms with Crippen molar-refractivity contribution in [1.82, 2.24) is 10.2 Å². The molecule has 1 aromatic rings. The average molecular weight is 207 g/mol. The number of carbonyl (C=O) groups excluding carboxylic acids is 1. The standard InChI is InChI=1S/C11H17N3O/c1-7(2)10-5-9(6-12-14-10)13-11(15)8(3)4/h5-8H,1-4H3,(H,13,14,15). The van der Waals surface area contributed by atoms with E-state index in [0.717, 1.165) is 5.69 Å². The lowest BCUT2D eigenvalue weighted by atomic mass is 10.1. The summed E-state index contributed by atoms with van der Waals surface area (Å²) in [4.78, 5) is 11.4. The summed E-state index contributed by atoms with van der Waals surface area (Å²) < 4.78 is 0. The third-order valence-electron chi connectivity index (χ3n) is 2.06. The van der Waals surface area contributed by atoms with Gasteiger partial charge in [0.05, 0.1) is 17.6 Å². The Morgan fingerprint density at radius 3 is 2.53 bits per heavy atom. The van der Waals surface area contributed by atoms with Gasteiger partial charge < -0.3 is 5.32 Å². The molecule has 1 heterocycles. The van der Waals surface area contributed by atoms with Gasteiger partial charge in [0.2, 0.25) is 5.91 Å². The highest BCUT2D eigenvalue weighted by atomic mass is 16.1. The van der Waals surface area contributed by atoms with Crippen LogP contribution in [0.25, 0.3) is 0 Å². The molecular formula is C11H17N3O. The van der Waals surface area contributed by atoms with E-state index in [4.69, 9.17) is 0 Å². The summed E-state index contributed by atoms with van der Waals surface area (Å²) in [6.45, 7) is 7.79. The van der Waals surface area contributed by atoms with Crippen LogP contribution in [0.1, 0.15) is 39.3 Å². The van der Waals surface area contributed by atoms with Crippen LogP contribution in [0.4, 0.5) is 5.69 Å². The lowest BCUT2D eigenvalue weighted by Crippen LogP contribution is -2.18. The van der Waals surface area contributed by atoms with E-state index in [1.54, 1.807) is 6.20 Å². The minimum absolute atomic E-state index is 0.00212. The molecule has 82 valence electrons. The lowest BCUT2D eigenvalue weighted by Gasteiger charge is -2.09. The van der Waals surface area contributed by atoms with Crippen molar-refractivity contribution < 1.29 is 4.79 Å². The van der Waals surface area contributed by atoms with Crippen LogP contribution in [0.15, 0.2) is 12.3 Å². The van der Waals surface area contributed by atoms with E-state index in [-0.39, 0.29) is 11.8 Å². The van der Waals surface area contributed by atoms with Gasteiger partial charge in [0.25, 0.3) is 0 Å². The van der Waals surface area contributed by atoms with Gasteiger partial charge in [-0.15, -0.1) is 0 Å². The van der Waals surface area contributed by atoms with E-state index in [0.29, 0.717) is 11.6 Å². The summed E-state index contributed by atoms with van der Waals surface area (Å²) in [7, 11) is 0. The van der Waals surface area contributed by atoms with Gasteiger partial charge in [-0.25, -0.2) is 0 Å². The maximum absolute atomic E-state index is 11.4. The number of anilines is 1. The molecule has 0 bridgehead atoms. The third kappa shape index (κ3) is 3.31. The van der Waals surface area contributed by atoms with Crippen LogP contribution in [0, 0.1) is 5.92 Å². The predicted molar refractivity (Wildman–Crippen MR) is 59.6 cm³/mol. The lowest BCUT2D eigenvalue weighted by molar-refractivity contribution is -0.118. The summed E-state index contributed by atoms with van der Waals surface area (Å²) in [5.74, 6) is 0.284. The van der Waals surface area contributed by atoms with Gasteiger partial charge in [-0.05, 0) is 12.0 Å². The van der Waals surface area contributed by atoms with E-state index in [1.165, 1.54) is 0 Å². The van der Waals surface area contributed by atoms with E-state index in [2.05, 4.69) is 15.5 Å². The fourth-order valence-electron chi connectivity index (χ4n) is 1.02. The fourth-order valence-corrected chi connectivity index (χ4v) is 1.02. The van der Waals surface area contributed by atoms with Gasteiger partial charge in [0.15, 0.2) is 0 Å². The Labute approximate surface area is 90.1 Å². The van der Waals surface area contributed by atoms with E-state index < -0.39 is 0 Å². The average Bonchev–Trinajstić information content (AvgIpc) is 2.18. The number of aromatic nitrogens is 2. The Bertz CT molecular complexity index is 347. The molecule has 15 heavy (non-hydrogen) atoms. The second-order valence-electron chi connectivity index (χ2n) is 4.17. The number of nitrogens with zero attached hydrogens (tertiary/aromatic N) is 2. The van der Waals surface area contributed by atoms with Gasteiger partial charge in [0, 0.05) is 5.92 Å². The minimum Gasteiger partial charge on any atom is -0.324 e. The predicted octanol–water partition coefficient (Wildman–Crippen LogP) is 2.19. The molecule has 0 aliphatic rings. The van der Waals surface area contributed by atoms with Gasteiger partial charge in [-0.2, -0.15) is 10.2 Å². The van der Waals surface area contributed by atoms with Crippen molar-refractivity contribution in [3.8, 4) is 0 Å². The molecule has 0 atom stereocenters. The molecule has 1 N–H and O–H groups in total. The zero-order valence-corrected chi connectivity index (χ0v) is 9.61. The SMILES string of the molecule is CC(C)C(=O)Nc1cnnc(C(C)C)c1. The third-order valence-corrected chi connectivity index (χ3v) is 2.06. The van der Waals surface area contributed by atoms with Crippen LogP contribution in [0.2, 0.25) is 0 Å². The Morgan fingerprint density at radius 2 is 2.00 bits per heavy atom. The number of nitrogens with one attached hydrogen (secondary N) is 1. The largest absolute Gasteiger partial charge is 0.324 e. The van der Waals surface area contributed by atoms with Crippen LogP contribution in [-0.4, -0.2) is 16.1 Å². The molecule has 1 rings (SSSR count). The summed E-state index contributed by atoms with van der Waals surface area (Å²) in [5, 5.41) is 10.6. The van der Waals surface area contributed by atoms with Crippen LogP contribution >= 0.6 is 0 Å². The Balaban J connectivity index is 2.78. The fraction of sp³-hybridized carbons (Fsp3) is 0.545. The molecule has 0 spiro atoms. The van der Waals surface area contributed by atoms with Gasteiger partial charge >= 0.3 is 0 Å². The maximum Gasteiger partial charge on any atom is 0.226 e. The summed E-state index contributed by atoms with van der Waals surface area (Å²) >= 11 is 0. The molecule has 0 fully saturated rings. The Morgan fingerprint density at radius 1 is 1.33 bits per heavy atom. The summed E-state index contributed by atoms with van der Waals surface area (Å²) in [6.07, 6.45) is 1.56. The first-order valence-electron chi connectivity index (χ1n) is 5.14. The quantitative estimate of drug-likeness (QED) is 0.826. The van der Waals surface area contributed by atoms with Crippen LogP contribution < -0.4 is 5.32 Å². The smallest absolute Gasteiger partial charge is 0.226 e. The molecule has 0 aliphatic carbocycles. The molecule has 0 saturated carbocycles. The Kier molecular flexibility index (Phi) is 3.77. The number of hydrogen-bond donors (Lipinski definition) is 1. The number of rotatable bonds is 3. The zero-order valence-electron chi connectivity index (χ0n) is 9.61. The van der Waals surface area contributed by atoms with Crippen molar-refractivity contribution in [3.63, 3.8) is 0 Å². The normalized spacial score (nSPS) is 10.8. The first-order valence-corrected chi connectivity index (χ1v) is 5.14. The van der Waals surface area contributed by atoms with Crippen molar-refractivity contribution in [3.05, 3.63) is 18.0 Å². The zero-order chi connectivity index (χ0) is 11.4. The second kappa shape index (κ2) is 4.87. The molecular weight excluding hydrogens is 190 g/mol. The van der Waals surface area contributed by atoms with Crippen molar-refractivity contribution in [2.24, 2.45) is 5.92 Å². The van der Waals surface area contributed by atoms with Gasteiger partial charge in [-0.3, -0.25) is 4.79 Å². The highest BCUT2D eigenvalue weighted by Crippen LogP contribution is 2.14.